The highest BCUT2D eigenvalue weighted by Crippen LogP contribution is 2.15. The van der Waals surface area contributed by atoms with Gasteiger partial charge in [0.05, 0.1) is 12.8 Å². The average molecular weight is 452 g/mol. The second-order valence-corrected chi connectivity index (χ2v) is 7.89. The zero-order chi connectivity index (χ0) is 23.4. The molecule has 1 fully saturated rings. The molecule has 0 unspecified atom stereocenters. The first-order valence-electron chi connectivity index (χ1n) is 10.8. The first-order valence-corrected chi connectivity index (χ1v) is 10.8. The molecule has 172 valence electrons. The van der Waals surface area contributed by atoms with E-state index in [-0.39, 0.29) is 23.5 Å². The van der Waals surface area contributed by atoms with Gasteiger partial charge in [0.1, 0.15) is 17.4 Å². The molecule has 1 aliphatic rings. The second-order valence-electron chi connectivity index (χ2n) is 7.89. The molecule has 0 saturated carbocycles. The van der Waals surface area contributed by atoms with Gasteiger partial charge in [-0.1, -0.05) is 12.1 Å². The van der Waals surface area contributed by atoms with Crippen LogP contribution in [0.1, 0.15) is 28.4 Å². The first kappa shape index (κ1) is 22.4. The number of methoxy groups -OCH3 is 1. The molecular weight excluding hydrogens is 425 g/mol. The Hall–Kier alpha value is -3.75. The summed E-state index contributed by atoms with van der Waals surface area (Å²) in [5.41, 5.74) is 1.71. The Labute approximate surface area is 191 Å². The third kappa shape index (κ3) is 5.19. The van der Waals surface area contributed by atoms with Gasteiger partial charge in [-0.15, -0.1) is 5.10 Å². The molecule has 8 nitrogen and oxygen atoms in total. The minimum atomic E-state index is -0.343. The van der Waals surface area contributed by atoms with Crippen molar-refractivity contribution in [1.29, 1.82) is 0 Å². The molecule has 33 heavy (non-hydrogen) atoms. The van der Waals surface area contributed by atoms with Gasteiger partial charge in [-0.25, -0.2) is 14.1 Å². The molecule has 0 N–H and O–H groups in total. The molecule has 1 aliphatic heterocycles. The molecule has 0 spiro atoms. The maximum atomic E-state index is 13.2. The van der Waals surface area contributed by atoms with Crippen molar-refractivity contribution >= 4 is 11.8 Å². The third-order valence-corrected chi connectivity index (χ3v) is 5.74. The Bertz CT molecular complexity index is 1120. The van der Waals surface area contributed by atoms with Crippen molar-refractivity contribution in [2.24, 2.45) is 0 Å². The van der Waals surface area contributed by atoms with Gasteiger partial charge >= 0.3 is 0 Å². The Morgan fingerprint density at radius 1 is 0.970 bits per heavy atom. The minimum Gasteiger partial charge on any atom is -0.497 e. The van der Waals surface area contributed by atoms with Crippen LogP contribution >= 0.6 is 0 Å². The van der Waals surface area contributed by atoms with E-state index in [1.165, 1.54) is 16.8 Å². The average Bonchev–Trinajstić information content (AvgIpc) is 3.24. The molecule has 9 heteroatoms. The maximum absolute atomic E-state index is 13.2. The summed E-state index contributed by atoms with van der Waals surface area (Å²) in [6.07, 6.45) is 1.08. The highest BCUT2D eigenvalue weighted by Gasteiger charge is 2.27. The molecule has 0 radical (unpaired) electrons. The van der Waals surface area contributed by atoms with Gasteiger partial charge in [0.15, 0.2) is 0 Å². The summed E-state index contributed by atoms with van der Waals surface area (Å²) in [5.74, 6) is 0.882. The summed E-state index contributed by atoms with van der Waals surface area (Å²) in [7, 11) is 1.62. The molecule has 2 aromatic carbocycles. The van der Waals surface area contributed by atoms with E-state index in [2.05, 4.69) is 10.1 Å². The third-order valence-electron chi connectivity index (χ3n) is 5.74. The Morgan fingerprint density at radius 3 is 2.24 bits per heavy atom. The van der Waals surface area contributed by atoms with Crippen LogP contribution in [0.4, 0.5) is 4.39 Å². The number of hydrogen-bond acceptors (Lipinski definition) is 5. The quantitative estimate of drug-likeness (QED) is 0.576. The Kier molecular flexibility index (Phi) is 6.67. The second kappa shape index (κ2) is 9.81. The van der Waals surface area contributed by atoms with Crippen LogP contribution in [0.5, 0.6) is 5.75 Å². The molecular formula is C24H26FN5O3. The van der Waals surface area contributed by atoms with Crippen molar-refractivity contribution in [3.8, 4) is 11.4 Å². The van der Waals surface area contributed by atoms with E-state index in [1.54, 1.807) is 36.0 Å². The number of amides is 2. The zero-order valence-electron chi connectivity index (χ0n) is 18.7. The summed E-state index contributed by atoms with van der Waals surface area (Å²) in [6.45, 7) is 3.55. The van der Waals surface area contributed by atoms with Crippen LogP contribution in [0.15, 0.2) is 48.5 Å². The highest BCUT2D eigenvalue weighted by molar-refractivity contribution is 5.90. The van der Waals surface area contributed by atoms with Crippen molar-refractivity contribution in [2.45, 2.75) is 19.8 Å². The maximum Gasteiger partial charge on any atom is 0.293 e. The number of carbonyl (C=O) groups excluding carboxylic acids is 2. The summed E-state index contributed by atoms with van der Waals surface area (Å²) < 4.78 is 19.9. The lowest BCUT2D eigenvalue weighted by Gasteiger charge is -2.34. The molecule has 2 heterocycles. The van der Waals surface area contributed by atoms with E-state index in [4.69, 9.17) is 4.74 Å². The predicted octanol–water partition coefficient (Wildman–Crippen LogP) is 2.64. The van der Waals surface area contributed by atoms with E-state index in [9.17, 15) is 14.0 Å². The molecule has 1 saturated heterocycles. The largest absolute Gasteiger partial charge is 0.497 e. The monoisotopic (exact) mass is 451 g/mol. The number of halogens is 1. The van der Waals surface area contributed by atoms with Crippen molar-refractivity contribution < 1.29 is 18.7 Å². The van der Waals surface area contributed by atoms with E-state index in [0.717, 1.165) is 11.3 Å². The van der Waals surface area contributed by atoms with Gasteiger partial charge in [0.25, 0.3) is 5.91 Å². The number of rotatable bonds is 6. The van der Waals surface area contributed by atoms with E-state index < -0.39 is 0 Å². The summed E-state index contributed by atoms with van der Waals surface area (Å²) in [6, 6.07) is 13.5. The van der Waals surface area contributed by atoms with E-state index >= 15 is 0 Å². The van der Waals surface area contributed by atoms with Crippen LogP contribution < -0.4 is 4.74 Å². The lowest BCUT2D eigenvalue weighted by molar-refractivity contribution is -0.132. The fraction of sp³-hybridized carbons (Fsp3) is 0.333. The lowest BCUT2D eigenvalue weighted by Crippen LogP contribution is -2.50. The van der Waals surface area contributed by atoms with Crippen LogP contribution in [0.3, 0.4) is 0 Å². The van der Waals surface area contributed by atoms with Crippen molar-refractivity contribution in [1.82, 2.24) is 24.6 Å². The van der Waals surface area contributed by atoms with Crippen LogP contribution in [-0.2, 0) is 11.2 Å². The van der Waals surface area contributed by atoms with Gasteiger partial charge < -0.3 is 14.5 Å². The standard InChI is InChI=1S/C24H26FN5O3/c1-17-26-23(27-30(17)20-8-6-19(25)7-9-20)24(32)29-15-13-28(14-16-29)22(31)12-5-18-3-10-21(33-2)11-4-18/h3-4,6-11H,5,12-16H2,1-2H3. The molecule has 0 aliphatic carbocycles. The number of aryl methyl sites for hydroxylation is 2. The first-order chi connectivity index (χ1) is 15.9. The SMILES string of the molecule is COc1ccc(CCC(=O)N2CCN(C(=O)c3nc(C)n(-c4ccc(F)cc4)n3)CC2)cc1. The Balaban J connectivity index is 1.31. The highest BCUT2D eigenvalue weighted by atomic mass is 19.1. The van der Waals surface area contributed by atoms with Crippen LogP contribution in [0.25, 0.3) is 5.69 Å². The topological polar surface area (TPSA) is 80.6 Å². The summed E-state index contributed by atoms with van der Waals surface area (Å²) in [5, 5.41) is 4.32. The van der Waals surface area contributed by atoms with Gasteiger partial charge in [-0.2, -0.15) is 0 Å². The van der Waals surface area contributed by atoms with Gasteiger partial charge in [-0.05, 0) is 55.3 Å². The molecule has 0 atom stereocenters. The molecule has 1 aromatic heterocycles. The molecule has 4 rings (SSSR count). The summed E-state index contributed by atoms with van der Waals surface area (Å²) >= 11 is 0. The van der Waals surface area contributed by atoms with E-state index in [1.807, 2.05) is 24.3 Å². The van der Waals surface area contributed by atoms with Crippen molar-refractivity contribution in [2.75, 3.05) is 33.3 Å². The molecule has 3 aromatic rings. The van der Waals surface area contributed by atoms with Gasteiger partial charge in [-0.3, -0.25) is 9.59 Å². The lowest BCUT2D eigenvalue weighted by atomic mass is 10.1. The van der Waals surface area contributed by atoms with E-state index in [0.29, 0.717) is 50.5 Å². The van der Waals surface area contributed by atoms with Crippen molar-refractivity contribution in [3.63, 3.8) is 0 Å². The molecule has 0 bridgehead atoms. The fourth-order valence-electron chi connectivity index (χ4n) is 3.81. The van der Waals surface area contributed by atoms with Gasteiger partial charge in [0, 0.05) is 32.6 Å². The smallest absolute Gasteiger partial charge is 0.293 e. The Morgan fingerprint density at radius 2 is 1.61 bits per heavy atom. The normalized spacial score (nSPS) is 13.8. The minimum absolute atomic E-state index is 0.0764. The summed E-state index contributed by atoms with van der Waals surface area (Å²) in [4.78, 5) is 33.3. The van der Waals surface area contributed by atoms with Crippen molar-refractivity contribution in [3.05, 3.63) is 71.6 Å². The number of ether oxygens (including phenoxy) is 1. The number of nitrogens with zero attached hydrogens (tertiary/aromatic N) is 5. The number of hydrogen-bond donors (Lipinski definition) is 0. The molecule has 2 amide bonds. The fourth-order valence-corrected chi connectivity index (χ4v) is 3.81. The number of carbonyl (C=O) groups is 2. The van der Waals surface area contributed by atoms with Gasteiger partial charge in [0.2, 0.25) is 11.7 Å². The number of piperazine rings is 1. The van der Waals surface area contributed by atoms with Crippen LogP contribution in [0.2, 0.25) is 0 Å². The van der Waals surface area contributed by atoms with Crippen LogP contribution in [0, 0.1) is 12.7 Å². The van der Waals surface area contributed by atoms with Crippen LogP contribution in [-0.4, -0.2) is 69.7 Å². The number of aromatic nitrogens is 3. The number of benzene rings is 2. The zero-order valence-corrected chi connectivity index (χ0v) is 18.7. The predicted molar refractivity (Wildman–Crippen MR) is 120 cm³/mol.